The SMILES string of the molecule is C1CCCC1.CC(C)P(C(C)C)C(C)C.F[B-](F)(F)F.[C-]#[O+].[C-]1=CC(c2ccccc2)(c2ccccc2)[n+]2ccccc2S1.[Ru+2]. The van der Waals surface area contributed by atoms with Crippen molar-refractivity contribution in [2.24, 2.45) is 0 Å². The number of hydrogen-bond donors (Lipinski definition) is 0. The van der Waals surface area contributed by atoms with Crippen LogP contribution in [0.2, 0.25) is 0 Å². The Morgan fingerprint density at radius 1 is 0.711 bits per heavy atom. The van der Waals surface area contributed by atoms with Crippen LogP contribution in [0.4, 0.5) is 17.3 Å². The molecule has 0 saturated heterocycles. The molecule has 0 amide bonds. The zero-order valence-corrected chi connectivity index (χ0v) is 30.5. The van der Waals surface area contributed by atoms with Crippen LogP contribution in [0.3, 0.4) is 0 Å². The Morgan fingerprint density at radius 3 is 1.40 bits per heavy atom. The number of aromatic nitrogens is 1. The Labute approximate surface area is 287 Å². The molecule has 1 aromatic heterocycles. The minimum atomic E-state index is -6.00. The summed E-state index contributed by atoms with van der Waals surface area (Å²) in [6.45, 7) is 18.6. The average Bonchev–Trinajstić information content (AvgIpc) is 3.58. The number of pyridine rings is 1. The molecule has 0 radical (unpaired) electrons. The van der Waals surface area contributed by atoms with Crippen molar-refractivity contribution in [3.05, 3.63) is 114 Å². The van der Waals surface area contributed by atoms with Crippen LogP contribution in [0.1, 0.15) is 84.8 Å². The molecule has 2 nitrogen and oxygen atoms in total. The first kappa shape index (κ1) is 43.3. The molecule has 45 heavy (non-hydrogen) atoms. The van der Waals surface area contributed by atoms with Gasteiger partial charge in [0.05, 0.1) is 0 Å². The van der Waals surface area contributed by atoms with E-state index in [0.29, 0.717) is 0 Å². The zero-order valence-electron chi connectivity index (χ0n) is 27.1. The van der Waals surface area contributed by atoms with Crippen LogP contribution in [-0.2, 0) is 29.7 Å². The van der Waals surface area contributed by atoms with Crippen molar-refractivity contribution < 1.29 is 46.0 Å². The third kappa shape index (κ3) is 15.1. The number of nitrogens with zero attached hydrogens (tertiary/aromatic N) is 1. The van der Waals surface area contributed by atoms with Crippen molar-refractivity contribution in [2.75, 3.05) is 0 Å². The van der Waals surface area contributed by atoms with Crippen molar-refractivity contribution in [3.8, 4) is 0 Å². The predicted molar refractivity (Wildman–Crippen MR) is 179 cm³/mol. The second-order valence-electron chi connectivity index (χ2n) is 11.3. The fourth-order valence-electron chi connectivity index (χ4n) is 5.72. The average molecular weight is 748 g/mol. The van der Waals surface area contributed by atoms with Crippen molar-refractivity contribution >= 4 is 26.9 Å². The quantitative estimate of drug-likeness (QED) is 0.0637. The van der Waals surface area contributed by atoms with Gasteiger partial charge in [-0.3, -0.25) is 11.8 Å². The summed E-state index contributed by atoms with van der Waals surface area (Å²) in [6, 6.07) is 27.6. The first-order valence-electron chi connectivity index (χ1n) is 15.1. The molecule has 0 N–H and O–H groups in total. The van der Waals surface area contributed by atoms with E-state index in [9.17, 15) is 17.3 Å². The standard InChI is InChI=1S/C20H15NS.C9H21P.C5H10.CO.BF4.Ru/c1-3-9-17(10-4-1)20(18-11-5-2-6-12-18)14-16-22-19-13-7-8-15-21(19)20;1-7(2)10(8(3)4)9(5)6;1-2-4-5-3-1;1-2;2-1(3,4)5;/h1-15H;7-9H,1-6H3;1-5H2;;;/q;;;;-1;+2. The second kappa shape index (κ2) is 22.7. The molecule has 1 aliphatic carbocycles. The number of benzene rings is 2. The molecule has 0 atom stereocenters. The smallest absolute Gasteiger partial charge is 0.418 e. The molecular formula is C35H46BF4NOPRuS+. The van der Waals surface area contributed by atoms with Crippen LogP contribution in [0.15, 0.2) is 96.2 Å². The van der Waals surface area contributed by atoms with Crippen molar-refractivity contribution in [1.29, 1.82) is 0 Å². The van der Waals surface area contributed by atoms with Gasteiger partial charge in [-0.1, -0.05) is 142 Å². The van der Waals surface area contributed by atoms with E-state index >= 15 is 0 Å². The molecule has 2 heterocycles. The van der Waals surface area contributed by atoms with Gasteiger partial charge in [0.1, 0.15) is 0 Å². The Balaban J connectivity index is 0.000000701. The van der Waals surface area contributed by atoms with Gasteiger partial charge in [-0.2, -0.15) is 10.6 Å². The van der Waals surface area contributed by atoms with E-state index in [0.717, 1.165) is 17.0 Å². The summed E-state index contributed by atoms with van der Waals surface area (Å²) in [5.74, 6) is 0. The number of fused-ring (bicyclic) bond motifs is 1. The summed E-state index contributed by atoms with van der Waals surface area (Å²) in [7, 11) is -5.74. The Bertz CT molecular complexity index is 1170. The maximum Gasteiger partial charge on any atom is 2.00 e. The van der Waals surface area contributed by atoms with Crippen molar-refractivity contribution in [3.63, 3.8) is 0 Å². The van der Waals surface area contributed by atoms with Crippen LogP contribution in [0.5, 0.6) is 0 Å². The van der Waals surface area contributed by atoms with Crippen molar-refractivity contribution in [2.45, 2.75) is 101 Å². The fraction of sp³-hybridized carbons (Fsp3) is 0.429. The zero-order chi connectivity index (χ0) is 33.2. The van der Waals surface area contributed by atoms with E-state index in [1.807, 2.05) is 0 Å². The minimum absolute atomic E-state index is 0. The van der Waals surface area contributed by atoms with Gasteiger partial charge in [0.25, 0.3) is 0 Å². The molecule has 0 unspecified atom stereocenters. The van der Waals surface area contributed by atoms with Crippen LogP contribution >= 0.6 is 19.7 Å². The minimum Gasteiger partial charge on any atom is -0.418 e. The van der Waals surface area contributed by atoms with Gasteiger partial charge in [0.15, 0.2) is 6.20 Å². The third-order valence-electron chi connectivity index (χ3n) is 7.10. The predicted octanol–water partition coefficient (Wildman–Crippen LogP) is 11.1. The van der Waals surface area contributed by atoms with E-state index in [-0.39, 0.29) is 32.9 Å². The number of rotatable bonds is 5. The van der Waals surface area contributed by atoms with Gasteiger partial charge in [-0.25, -0.2) is 0 Å². The van der Waals surface area contributed by atoms with Crippen LogP contribution in [-0.4, -0.2) is 24.2 Å². The van der Waals surface area contributed by atoms with E-state index < -0.39 is 7.25 Å². The van der Waals surface area contributed by atoms with E-state index in [2.05, 4.69) is 149 Å². The molecule has 5 rings (SSSR count). The van der Waals surface area contributed by atoms with Gasteiger partial charge < -0.3 is 22.7 Å². The third-order valence-corrected chi connectivity index (χ3v) is 11.5. The maximum absolute atomic E-state index is 9.75. The van der Waals surface area contributed by atoms with Crippen molar-refractivity contribution in [1.82, 2.24) is 0 Å². The van der Waals surface area contributed by atoms with Gasteiger partial charge in [-0.05, 0) is 23.0 Å². The molecule has 0 bridgehead atoms. The molecule has 1 saturated carbocycles. The maximum atomic E-state index is 9.75. The van der Waals surface area contributed by atoms with Gasteiger partial charge in [0, 0.05) is 23.3 Å². The Kier molecular flexibility index (Phi) is 21.8. The largest absolute Gasteiger partial charge is 2.00 e. The molecule has 3 aromatic rings. The molecular weight excluding hydrogens is 701 g/mol. The van der Waals surface area contributed by atoms with Crippen LogP contribution < -0.4 is 4.57 Å². The summed E-state index contributed by atoms with van der Waals surface area (Å²) in [5, 5.41) is 4.59. The molecule has 1 fully saturated rings. The number of hydrogen-bond acceptors (Lipinski definition) is 1. The number of halogens is 4. The number of thioether (sulfide) groups is 1. The summed E-state index contributed by atoms with van der Waals surface area (Å²) >= 11 is 1.64. The van der Waals surface area contributed by atoms with Crippen LogP contribution in [0, 0.1) is 12.1 Å². The molecule has 0 spiro atoms. The molecule has 246 valence electrons. The van der Waals surface area contributed by atoms with Gasteiger partial charge >= 0.3 is 38.0 Å². The molecule has 10 heteroatoms. The summed E-state index contributed by atoms with van der Waals surface area (Å²) < 4.78 is 48.8. The first-order valence-corrected chi connectivity index (χ1v) is 17.5. The van der Waals surface area contributed by atoms with Gasteiger partial charge in [-0.15, -0.1) is 0 Å². The second-order valence-corrected chi connectivity index (χ2v) is 16.1. The summed E-state index contributed by atoms with van der Waals surface area (Å²) in [5.41, 5.74) is 4.84. The topological polar surface area (TPSA) is 23.8 Å². The van der Waals surface area contributed by atoms with E-state index in [1.165, 1.54) is 48.3 Å². The summed E-state index contributed by atoms with van der Waals surface area (Å²) in [4.78, 5) is 0. The van der Waals surface area contributed by atoms with E-state index in [4.69, 9.17) is 4.65 Å². The Morgan fingerprint density at radius 2 is 1.07 bits per heavy atom. The molecule has 2 aromatic carbocycles. The molecule has 1 aliphatic heterocycles. The normalized spacial score (nSPS) is 14.3. The number of allylic oxidation sites excluding steroid dienone is 1. The Hall–Kier alpha value is -1.74. The van der Waals surface area contributed by atoms with E-state index in [1.54, 1.807) is 11.8 Å². The van der Waals surface area contributed by atoms with Crippen LogP contribution in [0.25, 0.3) is 0 Å². The summed E-state index contributed by atoms with van der Waals surface area (Å²) in [6.07, 6.45) is 11.8. The first-order chi connectivity index (χ1) is 20.9. The fourth-order valence-corrected chi connectivity index (χ4v) is 10.1. The molecule has 2 aliphatic rings. The monoisotopic (exact) mass is 748 g/mol. The van der Waals surface area contributed by atoms with Gasteiger partial charge in [0.2, 0.25) is 10.6 Å².